The van der Waals surface area contributed by atoms with Gasteiger partial charge in [0.1, 0.15) is 12.0 Å². The molecule has 0 aliphatic rings. The monoisotopic (exact) mass is 278 g/mol. The molecule has 3 N–H and O–H groups in total. The first-order chi connectivity index (χ1) is 9.04. The van der Waals surface area contributed by atoms with Crippen LogP contribution in [0.1, 0.15) is 18.7 Å². The fourth-order valence-corrected chi connectivity index (χ4v) is 2.59. The Bertz CT molecular complexity index is 540. The van der Waals surface area contributed by atoms with Gasteiger partial charge in [-0.25, -0.2) is 4.98 Å². The van der Waals surface area contributed by atoms with Crippen LogP contribution in [0, 0.1) is 0 Å². The maximum atomic E-state index is 5.93. The van der Waals surface area contributed by atoms with Crippen molar-refractivity contribution < 1.29 is 4.74 Å². The van der Waals surface area contributed by atoms with Gasteiger partial charge in [0.15, 0.2) is 5.82 Å². The molecule has 0 saturated carbocycles. The molecule has 0 saturated heterocycles. The van der Waals surface area contributed by atoms with E-state index in [0.29, 0.717) is 17.4 Å². The lowest BCUT2D eigenvalue weighted by Gasteiger charge is -2.24. The largest absolute Gasteiger partial charge is 0.479 e. The smallest absolute Gasteiger partial charge is 0.242 e. The summed E-state index contributed by atoms with van der Waals surface area (Å²) in [5.41, 5.74) is 6.38. The van der Waals surface area contributed by atoms with E-state index in [1.54, 1.807) is 11.3 Å². The van der Waals surface area contributed by atoms with Gasteiger partial charge in [-0.05, 0) is 11.4 Å². The zero-order chi connectivity index (χ0) is 13.9. The minimum absolute atomic E-state index is 0.0127. The quantitative estimate of drug-likeness (QED) is 0.879. The van der Waals surface area contributed by atoms with Gasteiger partial charge in [-0.15, -0.1) is 11.3 Å². The van der Waals surface area contributed by atoms with Crippen molar-refractivity contribution in [2.45, 2.75) is 19.3 Å². The molecular formula is C13H18N4OS. The SMILES string of the molecule is COc1ncnc(NCC(C)(C)c2cccs2)c1N. The molecule has 0 unspecified atom stereocenters. The second-order valence-electron chi connectivity index (χ2n) is 4.86. The molecule has 5 nitrogen and oxygen atoms in total. The number of anilines is 2. The number of nitrogens with one attached hydrogen (secondary N) is 1. The van der Waals surface area contributed by atoms with Crippen LogP contribution in [0.4, 0.5) is 11.5 Å². The molecule has 2 aromatic heterocycles. The standard InChI is InChI=1S/C13H18N4OS/c1-13(2,9-5-4-6-19-9)7-15-11-10(14)12(18-3)17-8-16-11/h4-6,8H,7,14H2,1-3H3,(H,15,16,17). The van der Waals surface area contributed by atoms with Crippen molar-refractivity contribution in [3.8, 4) is 5.88 Å². The van der Waals surface area contributed by atoms with Gasteiger partial charge in [-0.2, -0.15) is 4.98 Å². The third kappa shape index (κ3) is 2.96. The van der Waals surface area contributed by atoms with Gasteiger partial charge in [0.2, 0.25) is 5.88 Å². The first kappa shape index (κ1) is 13.6. The summed E-state index contributed by atoms with van der Waals surface area (Å²) >= 11 is 1.75. The van der Waals surface area contributed by atoms with Crippen molar-refractivity contribution in [3.05, 3.63) is 28.7 Å². The molecule has 0 aliphatic heterocycles. The maximum Gasteiger partial charge on any atom is 0.242 e. The topological polar surface area (TPSA) is 73.1 Å². The second kappa shape index (κ2) is 5.44. The second-order valence-corrected chi connectivity index (χ2v) is 5.81. The lowest BCUT2D eigenvalue weighted by atomic mass is 9.91. The Morgan fingerprint density at radius 1 is 1.42 bits per heavy atom. The minimum Gasteiger partial charge on any atom is -0.479 e. The number of aromatic nitrogens is 2. The summed E-state index contributed by atoms with van der Waals surface area (Å²) in [4.78, 5) is 9.42. The van der Waals surface area contributed by atoms with Crippen LogP contribution in [0.25, 0.3) is 0 Å². The molecule has 2 rings (SSSR count). The third-order valence-corrected chi connectivity index (χ3v) is 4.16. The number of ether oxygens (including phenoxy) is 1. The number of hydrogen-bond acceptors (Lipinski definition) is 6. The maximum absolute atomic E-state index is 5.93. The van der Waals surface area contributed by atoms with E-state index in [4.69, 9.17) is 10.5 Å². The molecule has 0 aromatic carbocycles. The summed E-state index contributed by atoms with van der Waals surface area (Å²) < 4.78 is 5.08. The molecule has 102 valence electrons. The van der Waals surface area contributed by atoms with Crippen molar-refractivity contribution in [3.63, 3.8) is 0 Å². The van der Waals surface area contributed by atoms with E-state index < -0.39 is 0 Å². The molecule has 0 atom stereocenters. The average Bonchev–Trinajstić information content (AvgIpc) is 2.92. The first-order valence-corrected chi connectivity index (χ1v) is 6.85. The molecule has 0 radical (unpaired) electrons. The van der Waals surface area contributed by atoms with Crippen molar-refractivity contribution in [2.24, 2.45) is 0 Å². The van der Waals surface area contributed by atoms with E-state index >= 15 is 0 Å². The summed E-state index contributed by atoms with van der Waals surface area (Å²) in [6, 6.07) is 4.19. The van der Waals surface area contributed by atoms with Crippen LogP contribution >= 0.6 is 11.3 Å². The van der Waals surface area contributed by atoms with Crippen molar-refractivity contribution in [2.75, 3.05) is 24.7 Å². The van der Waals surface area contributed by atoms with Gasteiger partial charge in [0.25, 0.3) is 0 Å². The van der Waals surface area contributed by atoms with E-state index in [0.717, 1.165) is 6.54 Å². The van der Waals surface area contributed by atoms with Crippen molar-refractivity contribution in [1.29, 1.82) is 0 Å². The highest BCUT2D eigenvalue weighted by molar-refractivity contribution is 7.10. The summed E-state index contributed by atoms with van der Waals surface area (Å²) in [6.07, 6.45) is 1.44. The summed E-state index contributed by atoms with van der Waals surface area (Å²) in [7, 11) is 1.54. The van der Waals surface area contributed by atoms with E-state index in [9.17, 15) is 0 Å². The third-order valence-electron chi connectivity index (χ3n) is 2.93. The van der Waals surface area contributed by atoms with Gasteiger partial charge in [0.05, 0.1) is 7.11 Å². The molecule has 0 amide bonds. The van der Waals surface area contributed by atoms with Crippen LogP contribution in [-0.2, 0) is 5.41 Å². The lowest BCUT2D eigenvalue weighted by Crippen LogP contribution is -2.27. The fourth-order valence-electron chi connectivity index (χ4n) is 1.74. The Labute approximate surface area is 116 Å². The molecule has 0 spiro atoms. The van der Waals surface area contributed by atoms with E-state index in [2.05, 4.69) is 46.6 Å². The zero-order valence-corrected chi connectivity index (χ0v) is 12.1. The number of thiophene rings is 1. The summed E-state index contributed by atoms with van der Waals surface area (Å²) in [5, 5.41) is 5.35. The molecule has 2 heterocycles. The minimum atomic E-state index is 0.0127. The van der Waals surface area contributed by atoms with E-state index in [-0.39, 0.29) is 5.41 Å². The Kier molecular flexibility index (Phi) is 3.90. The Balaban J connectivity index is 2.11. The number of hydrogen-bond donors (Lipinski definition) is 2. The fraction of sp³-hybridized carbons (Fsp3) is 0.385. The van der Waals surface area contributed by atoms with Gasteiger partial charge < -0.3 is 15.8 Å². The van der Waals surface area contributed by atoms with E-state index in [1.807, 2.05) is 0 Å². The van der Waals surface area contributed by atoms with Gasteiger partial charge in [-0.1, -0.05) is 19.9 Å². The number of methoxy groups -OCH3 is 1. The number of nitrogens with zero attached hydrogens (tertiary/aromatic N) is 2. The summed E-state index contributed by atoms with van der Waals surface area (Å²) in [6.45, 7) is 5.10. The Morgan fingerprint density at radius 3 is 2.84 bits per heavy atom. The number of nitrogens with two attached hydrogens (primary N) is 1. The average molecular weight is 278 g/mol. The van der Waals surface area contributed by atoms with Crippen LogP contribution in [0.15, 0.2) is 23.8 Å². The molecule has 0 aliphatic carbocycles. The van der Waals surface area contributed by atoms with Crippen LogP contribution in [-0.4, -0.2) is 23.6 Å². The van der Waals surface area contributed by atoms with Gasteiger partial charge >= 0.3 is 0 Å². The highest BCUT2D eigenvalue weighted by Gasteiger charge is 2.22. The molecule has 19 heavy (non-hydrogen) atoms. The van der Waals surface area contributed by atoms with Crippen molar-refractivity contribution >= 4 is 22.8 Å². The number of nitrogen functional groups attached to an aromatic ring is 1. The molecule has 2 aromatic rings. The lowest BCUT2D eigenvalue weighted by molar-refractivity contribution is 0.399. The molecular weight excluding hydrogens is 260 g/mol. The zero-order valence-electron chi connectivity index (χ0n) is 11.3. The predicted octanol–water partition coefficient (Wildman–Crippen LogP) is 2.52. The molecule has 6 heteroatoms. The van der Waals surface area contributed by atoms with Gasteiger partial charge in [0, 0.05) is 16.8 Å². The van der Waals surface area contributed by atoms with Crippen LogP contribution in [0.5, 0.6) is 5.88 Å². The van der Waals surface area contributed by atoms with Crippen LogP contribution in [0.2, 0.25) is 0 Å². The Hall–Kier alpha value is -1.82. The van der Waals surface area contributed by atoms with Crippen LogP contribution < -0.4 is 15.8 Å². The highest BCUT2D eigenvalue weighted by Crippen LogP contribution is 2.29. The Morgan fingerprint density at radius 2 is 2.21 bits per heavy atom. The summed E-state index contributed by atoms with van der Waals surface area (Å²) in [5.74, 6) is 1.00. The van der Waals surface area contributed by atoms with Gasteiger partial charge in [-0.3, -0.25) is 0 Å². The predicted molar refractivity (Wildman–Crippen MR) is 78.8 cm³/mol. The normalized spacial score (nSPS) is 11.3. The molecule has 0 bridgehead atoms. The van der Waals surface area contributed by atoms with Crippen molar-refractivity contribution in [1.82, 2.24) is 9.97 Å². The van der Waals surface area contributed by atoms with Crippen LogP contribution in [0.3, 0.4) is 0 Å². The van der Waals surface area contributed by atoms with E-state index in [1.165, 1.54) is 18.3 Å². The number of rotatable bonds is 5. The molecule has 0 fully saturated rings. The highest BCUT2D eigenvalue weighted by atomic mass is 32.1. The first-order valence-electron chi connectivity index (χ1n) is 5.97.